The average molecular weight is 1020 g/mol. The third-order valence-electron chi connectivity index (χ3n) is 11.3. The van der Waals surface area contributed by atoms with Gasteiger partial charge in [-0.2, -0.15) is 0 Å². The Labute approximate surface area is 410 Å². The molecule has 368 valence electrons. The lowest BCUT2D eigenvalue weighted by atomic mass is 9.74. The van der Waals surface area contributed by atoms with E-state index in [0.29, 0.717) is 42.3 Å². The van der Waals surface area contributed by atoms with Crippen LogP contribution in [0.25, 0.3) is 0 Å². The summed E-state index contributed by atoms with van der Waals surface area (Å²) in [4.78, 5) is 0.103. The van der Waals surface area contributed by atoms with Crippen molar-refractivity contribution in [3.8, 4) is 40.2 Å². The van der Waals surface area contributed by atoms with E-state index < -0.39 is 48.6 Å². The van der Waals surface area contributed by atoms with Gasteiger partial charge in [-0.25, -0.2) is 16.8 Å². The summed E-state index contributed by atoms with van der Waals surface area (Å²) >= 11 is 0. The van der Waals surface area contributed by atoms with Crippen molar-refractivity contribution >= 4 is 37.1 Å². The first-order valence-electron chi connectivity index (χ1n) is 22.0. The highest BCUT2D eigenvalue weighted by atomic mass is 32.2. The molecule has 18 heteroatoms. The Morgan fingerprint density at radius 1 is 0.522 bits per heavy atom. The van der Waals surface area contributed by atoms with Gasteiger partial charge < -0.3 is 37.0 Å². The van der Waals surface area contributed by atoms with Crippen molar-refractivity contribution < 1.29 is 53.9 Å². The smallest absolute Gasteiger partial charge is 0.399 e. The normalized spacial score (nSPS) is 16.5. The Balaban J connectivity index is 0.000000886. The second-order valence-electron chi connectivity index (χ2n) is 16.4. The highest BCUT2D eigenvalue weighted by Crippen LogP contribution is 2.56. The fourth-order valence-electron chi connectivity index (χ4n) is 7.65. The molecule has 0 aliphatic heterocycles. The van der Waals surface area contributed by atoms with Gasteiger partial charge in [0.15, 0.2) is 34.5 Å². The molecule has 0 bridgehead atoms. The van der Waals surface area contributed by atoms with Crippen molar-refractivity contribution in [1.29, 1.82) is 0 Å². The van der Waals surface area contributed by atoms with Crippen LogP contribution in [0.2, 0.25) is 0 Å². The van der Waals surface area contributed by atoms with Crippen molar-refractivity contribution in [2.45, 2.75) is 62.3 Å². The first kappa shape index (κ1) is 52.9. The topological polar surface area (TPSA) is 149 Å². The predicted molar refractivity (Wildman–Crippen MR) is 270 cm³/mol. The maximum absolute atomic E-state index is 15.2. The lowest BCUT2D eigenvalue weighted by Gasteiger charge is -2.45. The molecule has 69 heavy (non-hydrogen) atoms. The van der Waals surface area contributed by atoms with Crippen LogP contribution >= 0.6 is 17.1 Å². The van der Waals surface area contributed by atoms with Crippen LogP contribution in [0.15, 0.2) is 161 Å². The largest absolute Gasteiger partial charge is 0.497 e. The number of ether oxygens (including phenoxy) is 4. The molecular weight excluding hydrogens is 959 g/mol. The van der Waals surface area contributed by atoms with Crippen LogP contribution < -0.4 is 32.5 Å². The SMILES string of the molecule is COc1ccccc1.COc1ccccc1OP(Oc1ccccc1OC)N(CC1(C)CCCC(N(P(OC)Oc2ccccc2OC)S(=O)(=O)c2ccc(C)cc2)C1)S(=O)(=O)c1ccc(C)cc1. The number of sulfonamides is 2. The third kappa shape index (κ3) is 13.5. The molecule has 0 N–H and O–H groups in total. The highest BCUT2D eigenvalue weighted by Gasteiger charge is 2.49. The molecular formula is C51H60N2O12P2S2. The van der Waals surface area contributed by atoms with Crippen molar-refractivity contribution in [2.75, 3.05) is 42.1 Å². The number of nitrogens with zero attached hydrogens (tertiary/aromatic N) is 2. The number of hydrogen-bond donors (Lipinski definition) is 0. The number of hydrogen-bond acceptors (Lipinski definition) is 12. The zero-order valence-electron chi connectivity index (χ0n) is 40.1. The minimum absolute atomic E-state index is 0.0329. The zero-order valence-corrected chi connectivity index (χ0v) is 43.5. The standard InChI is InChI=1S/C44H52N2O11P2S2.C7H8O/c1-33-22-26-36(27-23-33)60(47,48)45(58(55-41-19-11-8-16-38(41)51-4)56-42-20-12-9-17-39(42)52-5)32-44(3)30-14-15-35(31-44)46(61(49,50)37-28-24-34(2)25-29-37)59(54-7)57-43-21-13-10-18-40(43)53-6;1-8-7-5-3-2-4-6-7/h8-13,16-29,35H,14-15,30-32H2,1-7H3;2-6H,1H3. The van der Waals surface area contributed by atoms with Crippen molar-refractivity contribution in [3.63, 3.8) is 0 Å². The van der Waals surface area contributed by atoms with Gasteiger partial charge in [0.25, 0.3) is 20.0 Å². The molecule has 0 heterocycles. The third-order valence-corrected chi connectivity index (χ3v) is 19.1. The number of benzene rings is 6. The van der Waals surface area contributed by atoms with E-state index in [0.717, 1.165) is 16.9 Å². The molecule has 6 aromatic carbocycles. The molecule has 0 radical (unpaired) electrons. The summed E-state index contributed by atoms with van der Waals surface area (Å²) in [6, 6.07) is 43.0. The Kier molecular flexibility index (Phi) is 18.7. The maximum atomic E-state index is 15.2. The zero-order chi connectivity index (χ0) is 49.6. The Hall–Kier alpha value is -5.44. The van der Waals surface area contributed by atoms with Gasteiger partial charge in [0.05, 0.1) is 38.2 Å². The summed E-state index contributed by atoms with van der Waals surface area (Å²) in [5.41, 5.74) is 0.924. The van der Waals surface area contributed by atoms with Gasteiger partial charge in [0.1, 0.15) is 5.75 Å². The average Bonchev–Trinajstić information content (AvgIpc) is 3.36. The highest BCUT2D eigenvalue weighted by molar-refractivity contribution is 7.94. The number of para-hydroxylation sites is 7. The monoisotopic (exact) mass is 1020 g/mol. The van der Waals surface area contributed by atoms with E-state index >= 15 is 8.42 Å². The molecule has 1 aliphatic rings. The van der Waals surface area contributed by atoms with Crippen LogP contribution in [0.5, 0.6) is 40.2 Å². The molecule has 0 spiro atoms. The van der Waals surface area contributed by atoms with Crippen molar-refractivity contribution in [1.82, 2.24) is 8.15 Å². The Bertz CT molecular complexity index is 2740. The molecule has 1 aliphatic carbocycles. The second kappa shape index (κ2) is 24.4. The van der Waals surface area contributed by atoms with Gasteiger partial charge in [0, 0.05) is 19.7 Å². The van der Waals surface area contributed by atoms with Crippen molar-refractivity contribution in [2.24, 2.45) is 5.41 Å². The first-order valence-corrected chi connectivity index (χ1v) is 27.2. The van der Waals surface area contributed by atoms with Crippen LogP contribution in [0.4, 0.5) is 0 Å². The molecule has 7 rings (SSSR count). The number of aryl methyl sites for hydroxylation is 2. The van der Waals surface area contributed by atoms with Gasteiger partial charge in [-0.1, -0.05) is 103 Å². The molecule has 1 fully saturated rings. The molecule has 1 saturated carbocycles. The van der Waals surface area contributed by atoms with Gasteiger partial charge >= 0.3 is 17.1 Å². The minimum atomic E-state index is -4.38. The van der Waals surface area contributed by atoms with E-state index in [-0.39, 0.29) is 34.3 Å². The summed E-state index contributed by atoms with van der Waals surface area (Å²) in [7, 11) is -5.94. The maximum Gasteiger partial charge on any atom is 0.399 e. The molecule has 0 saturated heterocycles. The molecule has 3 unspecified atom stereocenters. The summed E-state index contributed by atoms with van der Waals surface area (Å²) in [5.74, 6) is 2.89. The lowest BCUT2D eigenvalue weighted by molar-refractivity contribution is 0.140. The number of methoxy groups -OCH3 is 4. The number of rotatable bonds is 20. The van der Waals surface area contributed by atoms with E-state index in [1.807, 2.05) is 51.1 Å². The van der Waals surface area contributed by atoms with Gasteiger partial charge in [-0.3, -0.25) is 0 Å². The van der Waals surface area contributed by atoms with Crippen LogP contribution in [-0.4, -0.2) is 73.1 Å². The molecule has 6 aromatic rings. The molecule has 3 atom stereocenters. The minimum Gasteiger partial charge on any atom is -0.497 e. The molecule has 0 aromatic heterocycles. The first-order chi connectivity index (χ1) is 33.2. The van der Waals surface area contributed by atoms with Crippen LogP contribution in [0.1, 0.15) is 43.7 Å². The lowest BCUT2D eigenvalue weighted by Crippen LogP contribution is -2.47. The van der Waals surface area contributed by atoms with Gasteiger partial charge in [0.2, 0.25) is 0 Å². The predicted octanol–water partition coefficient (Wildman–Crippen LogP) is 12.0. The van der Waals surface area contributed by atoms with Crippen LogP contribution in [0.3, 0.4) is 0 Å². The quantitative estimate of drug-likeness (QED) is 0.0670. The summed E-state index contributed by atoms with van der Waals surface area (Å²) in [6.07, 6.45) is 1.78. The molecule has 14 nitrogen and oxygen atoms in total. The second-order valence-corrected chi connectivity index (χ2v) is 23.3. The fourth-order valence-corrected chi connectivity index (χ4v) is 15.0. The van der Waals surface area contributed by atoms with Crippen molar-refractivity contribution in [3.05, 3.63) is 163 Å². The summed E-state index contributed by atoms with van der Waals surface area (Å²) in [5, 5.41) is 0. The Morgan fingerprint density at radius 3 is 1.33 bits per heavy atom. The van der Waals surface area contributed by atoms with E-state index in [9.17, 15) is 8.42 Å². The van der Waals surface area contributed by atoms with Gasteiger partial charge in [-0.05, 0) is 111 Å². The fraction of sp³-hybridized carbons (Fsp3) is 0.294. The van der Waals surface area contributed by atoms with E-state index in [1.165, 1.54) is 36.6 Å². The van der Waals surface area contributed by atoms with Gasteiger partial charge in [-0.15, -0.1) is 8.15 Å². The van der Waals surface area contributed by atoms with E-state index in [4.69, 9.17) is 37.0 Å². The van der Waals surface area contributed by atoms with E-state index in [2.05, 4.69) is 0 Å². The van der Waals surface area contributed by atoms with Crippen LogP contribution in [-0.2, 0) is 24.6 Å². The summed E-state index contributed by atoms with van der Waals surface area (Å²) < 4.78 is 110. The van der Waals surface area contributed by atoms with Crippen LogP contribution in [0, 0.1) is 19.3 Å². The van der Waals surface area contributed by atoms with E-state index in [1.54, 1.807) is 128 Å². The Morgan fingerprint density at radius 2 is 0.928 bits per heavy atom. The summed E-state index contributed by atoms with van der Waals surface area (Å²) in [6.45, 7) is 5.60. The molecule has 0 amide bonds.